The topological polar surface area (TPSA) is 12.9 Å². The van der Waals surface area contributed by atoms with Crippen LogP contribution in [0.4, 0.5) is 0 Å². The lowest BCUT2D eigenvalue weighted by atomic mass is 9.82. The number of pyridine rings is 1. The Bertz CT molecular complexity index is 1730. The van der Waals surface area contributed by atoms with E-state index < -0.39 is 0 Å². The van der Waals surface area contributed by atoms with Gasteiger partial charge in [-0.15, -0.1) is 0 Å². The Morgan fingerprint density at radius 3 is 2.46 bits per heavy atom. The smallest absolute Gasteiger partial charge is 0.0806 e. The second-order valence-electron chi connectivity index (χ2n) is 12.6. The monoisotopic (exact) mass is 501 g/mol. The first-order valence-corrected chi connectivity index (χ1v) is 14.7. The van der Waals surface area contributed by atoms with Gasteiger partial charge in [-0.1, -0.05) is 87.3 Å². The van der Waals surface area contributed by atoms with Crippen LogP contribution in [-0.4, -0.2) is 4.98 Å². The summed E-state index contributed by atoms with van der Waals surface area (Å²) in [4.78, 5) is 7.87. The van der Waals surface area contributed by atoms with Crippen molar-refractivity contribution < 1.29 is 0 Å². The molecule has 0 N–H and O–H groups in total. The van der Waals surface area contributed by atoms with Crippen LogP contribution < -0.4 is 0 Å². The second-order valence-corrected chi connectivity index (χ2v) is 13.7. The molecular formula is C35H35NS. The maximum atomic E-state index is 5.10. The second kappa shape index (κ2) is 8.33. The molecule has 0 atom stereocenters. The van der Waals surface area contributed by atoms with Crippen molar-refractivity contribution in [2.24, 2.45) is 5.41 Å². The minimum Gasteiger partial charge on any atom is -0.255 e. The molecule has 0 amide bonds. The fraction of sp³-hybridized carbons (Fsp3) is 0.343. The highest BCUT2D eigenvalue weighted by Crippen LogP contribution is 2.54. The van der Waals surface area contributed by atoms with Crippen LogP contribution in [-0.2, 0) is 6.42 Å². The lowest BCUT2D eigenvalue weighted by Crippen LogP contribution is -2.12. The molecule has 2 heteroatoms. The van der Waals surface area contributed by atoms with Crippen molar-refractivity contribution in [3.63, 3.8) is 0 Å². The fourth-order valence-corrected chi connectivity index (χ4v) is 8.26. The molecule has 0 unspecified atom stereocenters. The van der Waals surface area contributed by atoms with Crippen molar-refractivity contribution in [2.45, 2.75) is 82.4 Å². The maximum absolute atomic E-state index is 5.10. The van der Waals surface area contributed by atoms with Crippen LogP contribution in [0.2, 0.25) is 0 Å². The van der Waals surface area contributed by atoms with Crippen LogP contribution in [0.25, 0.3) is 43.6 Å². The Labute approximate surface area is 224 Å². The minimum atomic E-state index is 0.196. The Morgan fingerprint density at radius 2 is 1.68 bits per heavy atom. The van der Waals surface area contributed by atoms with Gasteiger partial charge in [-0.2, -0.15) is 0 Å². The molecule has 1 aliphatic carbocycles. The molecule has 1 aromatic heterocycles. The van der Waals surface area contributed by atoms with E-state index in [9.17, 15) is 0 Å². The van der Waals surface area contributed by atoms with Gasteiger partial charge < -0.3 is 0 Å². The first kappa shape index (κ1) is 23.3. The van der Waals surface area contributed by atoms with Crippen LogP contribution in [0.5, 0.6) is 0 Å². The molecule has 1 nitrogen and oxygen atoms in total. The summed E-state index contributed by atoms with van der Waals surface area (Å²) < 4.78 is 0. The third-order valence-electron chi connectivity index (χ3n) is 8.61. The predicted octanol–water partition coefficient (Wildman–Crippen LogP) is 10.5. The summed E-state index contributed by atoms with van der Waals surface area (Å²) in [5.41, 5.74) is 8.40. The largest absolute Gasteiger partial charge is 0.255 e. The highest BCUT2D eigenvalue weighted by atomic mass is 32.2. The van der Waals surface area contributed by atoms with Crippen LogP contribution in [0, 0.1) is 19.3 Å². The highest BCUT2D eigenvalue weighted by molar-refractivity contribution is 8.00. The number of hydrogen-bond donors (Lipinski definition) is 0. The van der Waals surface area contributed by atoms with Crippen molar-refractivity contribution >= 4 is 44.1 Å². The normalized spacial score (nSPS) is 15.7. The highest BCUT2D eigenvalue weighted by Gasteiger charge is 2.29. The quantitative estimate of drug-likeness (QED) is 0.219. The third-order valence-corrected chi connectivity index (χ3v) is 9.81. The molecule has 0 bridgehead atoms. The van der Waals surface area contributed by atoms with Gasteiger partial charge >= 0.3 is 0 Å². The molecule has 0 spiro atoms. The number of hydrogen-bond acceptors (Lipinski definition) is 2. The molecule has 5 aromatic rings. The van der Waals surface area contributed by atoms with Crippen molar-refractivity contribution in [2.75, 3.05) is 0 Å². The van der Waals surface area contributed by atoms with E-state index in [2.05, 4.69) is 83.1 Å². The number of fused-ring (bicyclic) bond motifs is 5. The van der Waals surface area contributed by atoms with Gasteiger partial charge in [0.05, 0.1) is 5.69 Å². The first-order chi connectivity index (χ1) is 17.8. The minimum absolute atomic E-state index is 0.196. The number of nitrogens with zero attached hydrogens (tertiary/aromatic N) is 1. The van der Waals surface area contributed by atoms with Crippen LogP contribution >= 0.6 is 11.8 Å². The zero-order chi connectivity index (χ0) is 25.5. The van der Waals surface area contributed by atoms with Crippen molar-refractivity contribution in [1.29, 1.82) is 0 Å². The molecule has 186 valence electrons. The number of aromatic nitrogens is 1. The van der Waals surface area contributed by atoms with Gasteiger partial charge in [0, 0.05) is 26.9 Å². The van der Waals surface area contributed by atoms with Crippen molar-refractivity contribution in [1.82, 2.24) is 4.98 Å². The van der Waals surface area contributed by atoms with E-state index in [4.69, 9.17) is 4.98 Å². The molecule has 0 saturated heterocycles. The Kier molecular flexibility index (Phi) is 5.24. The molecule has 2 heterocycles. The van der Waals surface area contributed by atoms with E-state index in [1.165, 1.54) is 101 Å². The van der Waals surface area contributed by atoms with E-state index in [-0.39, 0.29) is 5.41 Å². The number of rotatable bonds is 2. The fourth-order valence-electron chi connectivity index (χ4n) is 6.89. The van der Waals surface area contributed by atoms with Gasteiger partial charge in [0.15, 0.2) is 0 Å². The van der Waals surface area contributed by atoms with Crippen LogP contribution in [0.3, 0.4) is 0 Å². The zero-order valence-electron chi connectivity index (χ0n) is 22.7. The van der Waals surface area contributed by atoms with Crippen LogP contribution in [0.15, 0.2) is 64.5 Å². The summed E-state index contributed by atoms with van der Waals surface area (Å²) in [6, 6.07) is 19.0. The molecular weight excluding hydrogens is 466 g/mol. The van der Waals surface area contributed by atoms with E-state index in [0.29, 0.717) is 0 Å². The molecule has 1 saturated carbocycles. The van der Waals surface area contributed by atoms with Gasteiger partial charge in [0.1, 0.15) is 0 Å². The summed E-state index contributed by atoms with van der Waals surface area (Å²) >= 11 is 1.98. The lowest BCUT2D eigenvalue weighted by Gasteiger charge is -2.29. The predicted molar refractivity (Wildman–Crippen MR) is 160 cm³/mol. The molecule has 1 fully saturated rings. The van der Waals surface area contributed by atoms with E-state index in [0.717, 1.165) is 12.3 Å². The molecule has 37 heavy (non-hydrogen) atoms. The zero-order valence-corrected chi connectivity index (χ0v) is 23.5. The summed E-state index contributed by atoms with van der Waals surface area (Å²) in [5, 5.41) is 8.22. The van der Waals surface area contributed by atoms with Gasteiger partial charge in [0.2, 0.25) is 0 Å². The molecule has 4 aromatic carbocycles. The Balaban J connectivity index is 1.55. The molecule has 2 aliphatic rings. The maximum Gasteiger partial charge on any atom is 0.0806 e. The molecule has 7 rings (SSSR count). The van der Waals surface area contributed by atoms with Gasteiger partial charge in [0.25, 0.3) is 0 Å². The average molecular weight is 502 g/mol. The summed E-state index contributed by atoms with van der Waals surface area (Å²) in [7, 11) is 0. The van der Waals surface area contributed by atoms with Gasteiger partial charge in [-0.05, 0) is 100 Å². The molecule has 0 radical (unpaired) electrons. The third kappa shape index (κ3) is 3.71. The summed E-state index contributed by atoms with van der Waals surface area (Å²) in [5.74, 6) is 0.722. The summed E-state index contributed by atoms with van der Waals surface area (Å²) in [6.07, 6.45) is 8.50. The Morgan fingerprint density at radius 1 is 0.865 bits per heavy atom. The van der Waals surface area contributed by atoms with E-state index >= 15 is 0 Å². The van der Waals surface area contributed by atoms with Gasteiger partial charge in [-0.25, -0.2) is 0 Å². The van der Waals surface area contributed by atoms with Crippen molar-refractivity contribution in [3.05, 3.63) is 77.0 Å². The average Bonchev–Trinajstić information content (AvgIpc) is 3.41. The number of benzene rings is 4. The standard InChI is InChI=1S/C35H35NS/c1-20-10-13-25-27(16-20)21(2)31-33-32-26(14-15-36-33)28-17-23(22-8-6-7-9-22)11-12-24(28)18-30(32)37-34(31)29(25)19-35(3,4)5/h10-18,22H,6-9,19H2,1-5H3. The lowest BCUT2D eigenvalue weighted by molar-refractivity contribution is 0.410. The molecule has 1 aliphatic heterocycles. The SMILES string of the molecule is Cc1ccc2c(CC(C)(C)C)c3c(c(C)c2c1)-c1nccc2c1c(cc1ccc(C4CCCC4)cc12)S3. The van der Waals surface area contributed by atoms with Crippen LogP contribution in [0.1, 0.15) is 74.6 Å². The summed E-state index contributed by atoms with van der Waals surface area (Å²) in [6.45, 7) is 11.6. The van der Waals surface area contributed by atoms with E-state index in [1.54, 1.807) is 0 Å². The number of aryl methyl sites for hydroxylation is 2. The first-order valence-electron chi connectivity index (χ1n) is 13.9. The van der Waals surface area contributed by atoms with Gasteiger partial charge in [-0.3, -0.25) is 4.98 Å². The van der Waals surface area contributed by atoms with E-state index in [1.807, 2.05) is 18.0 Å². The Hall–Kier alpha value is -2.84. The van der Waals surface area contributed by atoms with Crippen molar-refractivity contribution in [3.8, 4) is 11.3 Å².